The van der Waals surface area contributed by atoms with Crippen LogP contribution in [-0.2, 0) is 6.54 Å². The third kappa shape index (κ3) is 2.74. The maximum absolute atomic E-state index is 4.55. The van der Waals surface area contributed by atoms with Gasteiger partial charge in [0.05, 0.1) is 11.4 Å². The number of nitrogens with one attached hydrogen (secondary N) is 1. The molecule has 1 aromatic heterocycles. The maximum atomic E-state index is 4.55. The van der Waals surface area contributed by atoms with Crippen molar-refractivity contribution in [2.45, 2.75) is 27.3 Å². The molecule has 90 valence electrons. The van der Waals surface area contributed by atoms with Crippen molar-refractivity contribution in [3.63, 3.8) is 0 Å². The lowest BCUT2D eigenvalue weighted by Gasteiger charge is -2.01. The molecule has 0 spiro atoms. The van der Waals surface area contributed by atoms with Crippen LogP contribution in [0.5, 0.6) is 0 Å². The lowest BCUT2D eigenvalue weighted by molar-refractivity contribution is 0.723. The normalized spacial score (nSPS) is 10.8. The molecule has 0 aliphatic carbocycles. The largest absolute Gasteiger partial charge is 0.313 e. The summed E-state index contributed by atoms with van der Waals surface area (Å²) < 4.78 is 1.95. The van der Waals surface area contributed by atoms with Crippen molar-refractivity contribution in [1.82, 2.24) is 15.1 Å². The van der Waals surface area contributed by atoms with Gasteiger partial charge in [-0.25, -0.2) is 4.68 Å². The minimum Gasteiger partial charge on any atom is -0.313 e. The van der Waals surface area contributed by atoms with Gasteiger partial charge in [-0.1, -0.05) is 19.1 Å². The van der Waals surface area contributed by atoms with Crippen molar-refractivity contribution in [1.29, 1.82) is 0 Å². The summed E-state index contributed by atoms with van der Waals surface area (Å²) in [5.41, 5.74) is 4.72. The van der Waals surface area contributed by atoms with Crippen LogP contribution in [0, 0.1) is 13.8 Å². The number of rotatable bonds is 4. The van der Waals surface area contributed by atoms with Gasteiger partial charge in [-0.3, -0.25) is 0 Å². The second-order valence-electron chi connectivity index (χ2n) is 4.30. The highest BCUT2D eigenvalue weighted by Crippen LogP contribution is 2.13. The Morgan fingerprint density at radius 2 is 2.12 bits per heavy atom. The average Bonchev–Trinajstić information content (AvgIpc) is 2.68. The van der Waals surface area contributed by atoms with Crippen molar-refractivity contribution < 1.29 is 0 Å². The van der Waals surface area contributed by atoms with Gasteiger partial charge in [0.1, 0.15) is 0 Å². The molecule has 17 heavy (non-hydrogen) atoms. The van der Waals surface area contributed by atoms with Gasteiger partial charge in [-0.15, -0.1) is 0 Å². The molecule has 0 aliphatic rings. The zero-order valence-corrected chi connectivity index (χ0v) is 10.7. The molecule has 3 heteroatoms. The Hall–Kier alpha value is -1.61. The molecule has 3 nitrogen and oxygen atoms in total. The fourth-order valence-electron chi connectivity index (χ4n) is 1.83. The summed E-state index contributed by atoms with van der Waals surface area (Å²) in [6.07, 6.45) is 2.10. The zero-order chi connectivity index (χ0) is 12.3. The molecular formula is C14H19N3. The first kappa shape index (κ1) is 11.9. The lowest BCUT2D eigenvalue weighted by atomic mass is 10.2. The van der Waals surface area contributed by atoms with E-state index >= 15 is 0 Å². The molecule has 0 aliphatic heterocycles. The van der Waals surface area contributed by atoms with Crippen molar-refractivity contribution in [2.24, 2.45) is 0 Å². The molecule has 0 saturated heterocycles. The number of hydrogen-bond donors (Lipinski definition) is 1. The van der Waals surface area contributed by atoms with Crippen molar-refractivity contribution in [3.05, 3.63) is 47.3 Å². The highest BCUT2D eigenvalue weighted by molar-refractivity contribution is 5.36. The summed E-state index contributed by atoms with van der Waals surface area (Å²) in [6, 6.07) is 8.38. The molecule has 1 N–H and O–H groups in total. The number of benzene rings is 1. The Morgan fingerprint density at radius 1 is 1.29 bits per heavy atom. The highest BCUT2D eigenvalue weighted by Gasteiger charge is 2.05. The highest BCUT2D eigenvalue weighted by atomic mass is 15.3. The van der Waals surface area contributed by atoms with Crippen LogP contribution in [0.1, 0.15) is 23.7 Å². The molecule has 2 rings (SSSR count). The third-order valence-electron chi connectivity index (χ3n) is 2.83. The summed E-state index contributed by atoms with van der Waals surface area (Å²) in [4.78, 5) is 0. The predicted molar refractivity (Wildman–Crippen MR) is 70.4 cm³/mol. The molecule has 0 saturated carbocycles. The molecule has 1 aromatic carbocycles. The smallest absolute Gasteiger partial charge is 0.0648 e. The molecule has 1 heterocycles. The summed E-state index contributed by atoms with van der Waals surface area (Å²) in [5.74, 6) is 0. The first-order valence-corrected chi connectivity index (χ1v) is 6.03. The van der Waals surface area contributed by atoms with E-state index in [-0.39, 0.29) is 0 Å². The second kappa shape index (κ2) is 5.15. The van der Waals surface area contributed by atoms with Gasteiger partial charge in [-0.2, -0.15) is 5.10 Å². The van der Waals surface area contributed by atoms with Crippen LogP contribution >= 0.6 is 0 Å². The van der Waals surface area contributed by atoms with Gasteiger partial charge in [0.25, 0.3) is 0 Å². The summed E-state index contributed by atoms with van der Waals surface area (Å²) in [7, 11) is 0. The quantitative estimate of drug-likeness (QED) is 0.873. The van der Waals surface area contributed by atoms with Crippen molar-refractivity contribution in [2.75, 3.05) is 6.54 Å². The van der Waals surface area contributed by atoms with Crippen molar-refractivity contribution >= 4 is 0 Å². The van der Waals surface area contributed by atoms with E-state index in [9.17, 15) is 0 Å². The van der Waals surface area contributed by atoms with Gasteiger partial charge >= 0.3 is 0 Å². The summed E-state index contributed by atoms with van der Waals surface area (Å²) in [5, 5.41) is 7.88. The number of aromatic nitrogens is 2. The first-order valence-electron chi connectivity index (χ1n) is 6.03. The molecule has 0 unspecified atom stereocenters. The average molecular weight is 229 g/mol. The van der Waals surface area contributed by atoms with Crippen LogP contribution in [-0.4, -0.2) is 16.3 Å². The SMILES string of the molecule is CCNCc1cn(-c2cccc(C)c2)nc1C. The van der Waals surface area contributed by atoms with Gasteiger partial charge < -0.3 is 5.32 Å². The minimum absolute atomic E-state index is 0.883. The molecule has 0 fully saturated rings. The molecule has 0 radical (unpaired) electrons. The van der Waals surface area contributed by atoms with Crippen LogP contribution in [0.4, 0.5) is 0 Å². The van der Waals surface area contributed by atoms with E-state index in [1.54, 1.807) is 0 Å². The van der Waals surface area contributed by atoms with Crippen LogP contribution in [0.15, 0.2) is 30.5 Å². The van der Waals surface area contributed by atoms with E-state index in [1.165, 1.54) is 11.1 Å². The second-order valence-corrected chi connectivity index (χ2v) is 4.30. The van der Waals surface area contributed by atoms with Crippen LogP contribution in [0.3, 0.4) is 0 Å². The van der Waals surface area contributed by atoms with E-state index in [0.29, 0.717) is 0 Å². The molecular weight excluding hydrogens is 210 g/mol. The van der Waals surface area contributed by atoms with Crippen LogP contribution in [0.25, 0.3) is 5.69 Å². The van der Waals surface area contributed by atoms with Crippen LogP contribution in [0.2, 0.25) is 0 Å². The Bertz CT molecular complexity index is 500. The fraction of sp³-hybridized carbons (Fsp3) is 0.357. The van der Waals surface area contributed by atoms with E-state index in [0.717, 1.165) is 24.5 Å². The van der Waals surface area contributed by atoms with Gasteiger partial charge in [0, 0.05) is 18.3 Å². The van der Waals surface area contributed by atoms with Crippen molar-refractivity contribution in [3.8, 4) is 5.69 Å². The number of hydrogen-bond acceptors (Lipinski definition) is 2. The minimum atomic E-state index is 0.883. The van der Waals surface area contributed by atoms with E-state index in [2.05, 4.69) is 61.6 Å². The number of nitrogens with zero attached hydrogens (tertiary/aromatic N) is 2. The third-order valence-corrected chi connectivity index (χ3v) is 2.83. The van der Waals surface area contributed by atoms with Gasteiger partial charge in [-0.05, 0) is 38.1 Å². The fourth-order valence-corrected chi connectivity index (χ4v) is 1.83. The van der Waals surface area contributed by atoms with E-state index < -0.39 is 0 Å². The van der Waals surface area contributed by atoms with Gasteiger partial charge in [0.2, 0.25) is 0 Å². The predicted octanol–water partition coefficient (Wildman–Crippen LogP) is 2.60. The Morgan fingerprint density at radius 3 is 2.82 bits per heavy atom. The maximum Gasteiger partial charge on any atom is 0.0648 e. The summed E-state index contributed by atoms with van der Waals surface area (Å²) in [6.45, 7) is 8.13. The number of aryl methyl sites for hydroxylation is 2. The molecule has 0 amide bonds. The topological polar surface area (TPSA) is 29.9 Å². The Kier molecular flexibility index (Phi) is 3.59. The Labute approximate surface area is 102 Å². The molecule has 0 bridgehead atoms. The Balaban J connectivity index is 2.28. The first-order chi connectivity index (χ1) is 8.20. The monoisotopic (exact) mass is 229 g/mol. The van der Waals surface area contributed by atoms with E-state index in [1.807, 2.05) is 4.68 Å². The zero-order valence-electron chi connectivity index (χ0n) is 10.7. The summed E-state index contributed by atoms with van der Waals surface area (Å²) >= 11 is 0. The molecule has 2 aromatic rings. The molecule has 0 atom stereocenters. The van der Waals surface area contributed by atoms with E-state index in [4.69, 9.17) is 0 Å². The lowest BCUT2D eigenvalue weighted by Crippen LogP contribution is -2.11. The van der Waals surface area contributed by atoms with Crippen LogP contribution < -0.4 is 5.32 Å². The standard InChI is InChI=1S/C14H19N3/c1-4-15-9-13-10-17(16-12(13)3)14-7-5-6-11(2)8-14/h5-8,10,15H,4,9H2,1-3H3. The van der Waals surface area contributed by atoms with Gasteiger partial charge in [0.15, 0.2) is 0 Å².